The van der Waals surface area contributed by atoms with Crippen LogP contribution in [-0.2, 0) is 20.7 Å². The van der Waals surface area contributed by atoms with Crippen molar-refractivity contribution in [2.24, 2.45) is 5.92 Å². The van der Waals surface area contributed by atoms with Gasteiger partial charge in [-0.2, -0.15) is 0 Å². The molecule has 0 aromatic carbocycles. The number of rotatable bonds is 6. The number of carbonyl (C=O) groups excluding carboxylic acids is 2. The van der Waals surface area contributed by atoms with E-state index in [-0.39, 0.29) is 30.4 Å². The van der Waals surface area contributed by atoms with Crippen LogP contribution < -0.4 is 4.90 Å². The molecule has 1 aliphatic carbocycles. The van der Waals surface area contributed by atoms with E-state index in [1.807, 2.05) is 30.6 Å². The summed E-state index contributed by atoms with van der Waals surface area (Å²) in [6.07, 6.45) is 9.45. The number of carbonyl (C=O) groups is 2. The molecule has 1 saturated carbocycles. The summed E-state index contributed by atoms with van der Waals surface area (Å²) in [6, 6.07) is 0. The number of likely N-dealkylation sites (tertiary alicyclic amines) is 1. The third kappa shape index (κ3) is 5.30. The third-order valence-corrected chi connectivity index (χ3v) is 7.20. The summed E-state index contributed by atoms with van der Waals surface area (Å²) < 4.78 is 5.52. The highest BCUT2D eigenvalue weighted by Crippen LogP contribution is 2.34. The van der Waals surface area contributed by atoms with E-state index in [4.69, 9.17) is 14.7 Å². The van der Waals surface area contributed by atoms with E-state index in [1.165, 1.54) is 32.1 Å². The second-order valence-electron chi connectivity index (χ2n) is 10.0. The standard InChI is InChI=1S/C25H38N4O3/c1-17(2)32-16-23(31)28-13-7-10-20(15-28)24-26-18(3)21-11-12-22(30)29(25(21)27-24)14-19-8-5-4-6-9-19/h17,19-20H,4-16H2,1-3H3/t20-/m0/s1. The molecule has 3 aliphatic rings. The zero-order valence-corrected chi connectivity index (χ0v) is 19.9. The predicted octanol–water partition coefficient (Wildman–Crippen LogP) is 3.78. The Hall–Kier alpha value is -2.02. The number of hydrogen-bond donors (Lipinski definition) is 0. The van der Waals surface area contributed by atoms with E-state index < -0.39 is 0 Å². The number of aromatic nitrogens is 2. The van der Waals surface area contributed by atoms with Gasteiger partial charge in [0.15, 0.2) is 0 Å². The Morgan fingerprint density at radius 1 is 1.09 bits per heavy atom. The second kappa shape index (κ2) is 10.3. The van der Waals surface area contributed by atoms with Crippen LogP contribution in [0, 0.1) is 12.8 Å². The molecule has 1 aromatic heterocycles. The number of hydrogen-bond acceptors (Lipinski definition) is 5. The van der Waals surface area contributed by atoms with Gasteiger partial charge in [0.1, 0.15) is 18.2 Å². The molecule has 1 atom stereocenters. The van der Waals surface area contributed by atoms with Crippen LogP contribution in [0.15, 0.2) is 0 Å². The minimum absolute atomic E-state index is 0.0344. The normalized spacial score (nSPS) is 22.4. The molecule has 3 heterocycles. The summed E-state index contributed by atoms with van der Waals surface area (Å²) in [5.41, 5.74) is 2.11. The Morgan fingerprint density at radius 3 is 2.62 bits per heavy atom. The molecule has 1 saturated heterocycles. The van der Waals surface area contributed by atoms with E-state index in [9.17, 15) is 9.59 Å². The molecule has 0 N–H and O–H groups in total. The van der Waals surface area contributed by atoms with Crippen LogP contribution in [0.2, 0.25) is 0 Å². The van der Waals surface area contributed by atoms with E-state index in [2.05, 4.69) is 0 Å². The van der Waals surface area contributed by atoms with Crippen molar-refractivity contribution in [1.29, 1.82) is 0 Å². The highest BCUT2D eigenvalue weighted by Gasteiger charge is 2.33. The van der Waals surface area contributed by atoms with Gasteiger partial charge in [-0.3, -0.25) is 14.5 Å². The number of anilines is 1. The minimum Gasteiger partial charge on any atom is -0.369 e. The predicted molar refractivity (Wildman–Crippen MR) is 124 cm³/mol. The molecule has 4 rings (SSSR count). The number of ether oxygens (including phenoxy) is 1. The number of fused-ring (bicyclic) bond motifs is 1. The zero-order valence-electron chi connectivity index (χ0n) is 19.9. The Kier molecular flexibility index (Phi) is 7.44. The third-order valence-electron chi connectivity index (χ3n) is 7.20. The molecule has 176 valence electrons. The topological polar surface area (TPSA) is 75.6 Å². The summed E-state index contributed by atoms with van der Waals surface area (Å²) in [5, 5.41) is 0. The van der Waals surface area contributed by atoms with Gasteiger partial charge >= 0.3 is 0 Å². The summed E-state index contributed by atoms with van der Waals surface area (Å²) in [4.78, 5) is 39.2. The van der Waals surface area contributed by atoms with E-state index in [0.717, 1.165) is 55.3 Å². The van der Waals surface area contributed by atoms with Gasteiger partial charge in [-0.15, -0.1) is 0 Å². The largest absolute Gasteiger partial charge is 0.369 e. The summed E-state index contributed by atoms with van der Waals surface area (Å²) in [7, 11) is 0. The summed E-state index contributed by atoms with van der Waals surface area (Å²) >= 11 is 0. The van der Waals surface area contributed by atoms with Crippen LogP contribution in [0.4, 0.5) is 5.82 Å². The fraction of sp³-hybridized carbons (Fsp3) is 0.760. The van der Waals surface area contributed by atoms with Crippen LogP contribution in [0.3, 0.4) is 0 Å². The molecular weight excluding hydrogens is 404 g/mol. The van der Waals surface area contributed by atoms with Gasteiger partial charge in [0.2, 0.25) is 11.8 Å². The van der Waals surface area contributed by atoms with Crippen LogP contribution >= 0.6 is 0 Å². The fourth-order valence-corrected chi connectivity index (χ4v) is 5.35. The Labute approximate surface area is 191 Å². The number of aryl methyl sites for hydroxylation is 1. The fourth-order valence-electron chi connectivity index (χ4n) is 5.35. The zero-order chi connectivity index (χ0) is 22.7. The van der Waals surface area contributed by atoms with Crippen molar-refractivity contribution in [2.45, 2.75) is 90.6 Å². The molecule has 1 aromatic rings. The van der Waals surface area contributed by atoms with Crippen molar-refractivity contribution in [3.8, 4) is 0 Å². The molecule has 7 nitrogen and oxygen atoms in total. The Balaban J connectivity index is 1.53. The first kappa shape index (κ1) is 23.1. The van der Waals surface area contributed by atoms with Gasteiger partial charge in [0, 0.05) is 43.2 Å². The smallest absolute Gasteiger partial charge is 0.248 e. The molecule has 2 fully saturated rings. The molecule has 0 radical (unpaired) electrons. The van der Waals surface area contributed by atoms with Crippen LogP contribution in [0.1, 0.15) is 88.2 Å². The van der Waals surface area contributed by atoms with E-state index in [0.29, 0.717) is 18.9 Å². The van der Waals surface area contributed by atoms with Gasteiger partial charge in [-0.25, -0.2) is 9.97 Å². The van der Waals surface area contributed by atoms with Crippen molar-refractivity contribution in [3.05, 3.63) is 17.1 Å². The van der Waals surface area contributed by atoms with Crippen molar-refractivity contribution < 1.29 is 14.3 Å². The van der Waals surface area contributed by atoms with Gasteiger partial charge < -0.3 is 9.64 Å². The maximum atomic E-state index is 12.9. The molecule has 2 amide bonds. The highest BCUT2D eigenvalue weighted by molar-refractivity contribution is 5.95. The van der Waals surface area contributed by atoms with Crippen LogP contribution in [0.5, 0.6) is 0 Å². The minimum atomic E-state index is 0.0344. The first-order valence-corrected chi connectivity index (χ1v) is 12.5. The lowest BCUT2D eigenvalue weighted by atomic mass is 9.88. The molecule has 32 heavy (non-hydrogen) atoms. The number of nitrogens with zero attached hydrogens (tertiary/aromatic N) is 4. The van der Waals surface area contributed by atoms with E-state index in [1.54, 1.807) is 0 Å². The number of piperidine rings is 1. The van der Waals surface area contributed by atoms with Crippen molar-refractivity contribution in [1.82, 2.24) is 14.9 Å². The molecule has 0 unspecified atom stereocenters. The van der Waals surface area contributed by atoms with Crippen LogP contribution in [-0.4, -0.2) is 59.0 Å². The highest BCUT2D eigenvalue weighted by atomic mass is 16.5. The van der Waals surface area contributed by atoms with Crippen LogP contribution in [0.25, 0.3) is 0 Å². The lowest BCUT2D eigenvalue weighted by molar-refractivity contribution is -0.138. The summed E-state index contributed by atoms with van der Waals surface area (Å²) in [6.45, 7) is 8.21. The Bertz CT molecular complexity index is 835. The average molecular weight is 443 g/mol. The maximum Gasteiger partial charge on any atom is 0.248 e. The lowest BCUT2D eigenvalue weighted by Gasteiger charge is -2.35. The number of amides is 2. The lowest BCUT2D eigenvalue weighted by Crippen LogP contribution is -2.43. The van der Waals surface area contributed by atoms with Gasteiger partial charge in [0.05, 0.1) is 6.10 Å². The van der Waals surface area contributed by atoms with Gasteiger partial charge in [-0.1, -0.05) is 19.3 Å². The monoisotopic (exact) mass is 442 g/mol. The molecule has 7 heteroatoms. The van der Waals surface area contributed by atoms with Crippen molar-refractivity contribution in [2.75, 3.05) is 31.1 Å². The SMILES string of the molecule is Cc1nc([C@H]2CCCN(C(=O)COC(C)C)C2)nc2c1CCC(=O)N2CC1CCCCC1. The average Bonchev–Trinajstić information content (AvgIpc) is 2.80. The Morgan fingerprint density at radius 2 is 1.88 bits per heavy atom. The maximum absolute atomic E-state index is 12.9. The molecule has 0 spiro atoms. The molecule has 2 aliphatic heterocycles. The molecular formula is C25H38N4O3. The molecule has 0 bridgehead atoms. The van der Waals surface area contributed by atoms with Crippen molar-refractivity contribution >= 4 is 17.6 Å². The van der Waals surface area contributed by atoms with Gasteiger partial charge in [0.25, 0.3) is 0 Å². The second-order valence-corrected chi connectivity index (χ2v) is 10.0. The van der Waals surface area contributed by atoms with E-state index >= 15 is 0 Å². The quantitative estimate of drug-likeness (QED) is 0.670. The first-order valence-electron chi connectivity index (χ1n) is 12.5. The van der Waals surface area contributed by atoms with Crippen molar-refractivity contribution in [3.63, 3.8) is 0 Å². The summed E-state index contributed by atoms with van der Waals surface area (Å²) in [5.74, 6) is 2.52. The van der Waals surface area contributed by atoms with Gasteiger partial charge in [-0.05, 0) is 58.8 Å². The first-order chi connectivity index (χ1) is 15.4.